The topological polar surface area (TPSA) is 91.7 Å². The molecule has 1 fully saturated rings. The Balaban J connectivity index is 1.71. The molecular formula is C17H21N5O3. The molecule has 25 heavy (non-hydrogen) atoms. The molecule has 3 rings (SSSR count). The molecule has 1 saturated heterocycles. The zero-order valence-corrected chi connectivity index (χ0v) is 14.1. The highest BCUT2D eigenvalue weighted by Gasteiger charge is 2.19. The van der Waals surface area contributed by atoms with Crippen LogP contribution in [0.15, 0.2) is 30.5 Å². The van der Waals surface area contributed by atoms with E-state index in [0.717, 1.165) is 32.6 Å². The highest BCUT2D eigenvalue weighted by molar-refractivity contribution is 5.85. The second-order valence-electron chi connectivity index (χ2n) is 5.64. The van der Waals surface area contributed by atoms with E-state index in [1.165, 1.54) is 6.07 Å². The van der Waals surface area contributed by atoms with Crippen molar-refractivity contribution in [3.8, 4) is 5.88 Å². The maximum absolute atomic E-state index is 11.1. The third-order valence-electron chi connectivity index (χ3n) is 3.97. The molecule has 3 heterocycles. The molecule has 132 valence electrons. The molecule has 1 aliphatic rings. The van der Waals surface area contributed by atoms with Crippen LogP contribution >= 0.6 is 0 Å². The standard InChI is InChI=1S/C17H21N5O3/c1-2-25-15-7-8-18-17(20-15)22-10-4-9-21(11-12-22)14-6-3-5-13(19-14)16(23)24/h3,5-8H,2,4,9-12H2,1H3,(H,23,24). The Morgan fingerprint density at radius 2 is 1.96 bits per heavy atom. The summed E-state index contributed by atoms with van der Waals surface area (Å²) in [5, 5.41) is 9.11. The van der Waals surface area contributed by atoms with Gasteiger partial charge in [-0.05, 0) is 25.5 Å². The first-order valence-corrected chi connectivity index (χ1v) is 8.33. The van der Waals surface area contributed by atoms with E-state index < -0.39 is 5.97 Å². The van der Waals surface area contributed by atoms with Crippen molar-refractivity contribution in [2.75, 3.05) is 42.6 Å². The first-order chi connectivity index (χ1) is 12.2. The van der Waals surface area contributed by atoms with Crippen molar-refractivity contribution < 1.29 is 14.6 Å². The van der Waals surface area contributed by atoms with Gasteiger partial charge >= 0.3 is 5.97 Å². The number of nitrogens with zero attached hydrogens (tertiary/aromatic N) is 5. The molecule has 8 heteroatoms. The predicted octanol–water partition coefficient (Wildman–Crippen LogP) is 1.69. The average Bonchev–Trinajstić information content (AvgIpc) is 2.88. The zero-order chi connectivity index (χ0) is 17.6. The Hall–Kier alpha value is -2.90. The number of rotatable bonds is 5. The number of hydrogen-bond acceptors (Lipinski definition) is 7. The number of pyridine rings is 1. The fourth-order valence-electron chi connectivity index (χ4n) is 2.78. The van der Waals surface area contributed by atoms with Gasteiger partial charge < -0.3 is 19.6 Å². The Morgan fingerprint density at radius 3 is 2.76 bits per heavy atom. The van der Waals surface area contributed by atoms with E-state index in [0.29, 0.717) is 24.3 Å². The lowest BCUT2D eigenvalue weighted by Crippen LogP contribution is -2.32. The van der Waals surface area contributed by atoms with Crippen molar-refractivity contribution in [1.82, 2.24) is 15.0 Å². The minimum absolute atomic E-state index is 0.0614. The SMILES string of the molecule is CCOc1ccnc(N2CCCN(c3cccc(C(=O)O)n3)CC2)n1. The lowest BCUT2D eigenvalue weighted by atomic mass is 10.3. The second-order valence-corrected chi connectivity index (χ2v) is 5.64. The molecule has 0 amide bonds. The summed E-state index contributed by atoms with van der Waals surface area (Å²) in [6, 6.07) is 6.82. The molecule has 0 unspecified atom stereocenters. The van der Waals surface area contributed by atoms with Crippen molar-refractivity contribution in [2.45, 2.75) is 13.3 Å². The van der Waals surface area contributed by atoms with Crippen molar-refractivity contribution in [1.29, 1.82) is 0 Å². The number of carbonyl (C=O) groups is 1. The summed E-state index contributed by atoms with van der Waals surface area (Å²) in [6.07, 6.45) is 2.61. The Labute approximate surface area is 146 Å². The van der Waals surface area contributed by atoms with Gasteiger partial charge in [0.05, 0.1) is 6.61 Å². The van der Waals surface area contributed by atoms with E-state index in [2.05, 4.69) is 24.8 Å². The molecule has 2 aromatic heterocycles. The monoisotopic (exact) mass is 343 g/mol. The van der Waals surface area contributed by atoms with Crippen molar-refractivity contribution in [2.24, 2.45) is 0 Å². The van der Waals surface area contributed by atoms with Gasteiger partial charge in [0, 0.05) is 38.4 Å². The van der Waals surface area contributed by atoms with E-state index in [1.807, 2.05) is 13.0 Å². The van der Waals surface area contributed by atoms with Crippen molar-refractivity contribution in [3.05, 3.63) is 36.2 Å². The molecule has 0 saturated carbocycles. The van der Waals surface area contributed by atoms with E-state index in [4.69, 9.17) is 9.84 Å². The maximum atomic E-state index is 11.1. The van der Waals surface area contributed by atoms with Crippen LogP contribution < -0.4 is 14.5 Å². The fourth-order valence-corrected chi connectivity index (χ4v) is 2.78. The Morgan fingerprint density at radius 1 is 1.16 bits per heavy atom. The number of carboxylic acid groups (broad SMARTS) is 1. The van der Waals surface area contributed by atoms with Gasteiger partial charge in [-0.3, -0.25) is 0 Å². The minimum atomic E-state index is -1.01. The third kappa shape index (κ3) is 4.14. The Bertz CT molecular complexity index is 740. The zero-order valence-electron chi connectivity index (χ0n) is 14.1. The van der Waals surface area contributed by atoms with Crippen LogP contribution in [-0.4, -0.2) is 58.8 Å². The fraction of sp³-hybridized carbons (Fsp3) is 0.412. The smallest absolute Gasteiger partial charge is 0.354 e. The number of aromatic carboxylic acids is 1. The molecule has 2 aromatic rings. The summed E-state index contributed by atoms with van der Waals surface area (Å²) >= 11 is 0. The number of ether oxygens (including phenoxy) is 1. The lowest BCUT2D eigenvalue weighted by Gasteiger charge is -2.23. The van der Waals surface area contributed by atoms with Gasteiger partial charge in [0.25, 0.3) is 0 Å². The highest BCUT2D eigenvalue weighted by Crippen LogP contribution is 2.18. The van der Waals surface area contributed by atoms with E-state index in [9.17, 15) is 4.79 Å². The van der Waals surface area contributed by atoms with Gasteiger partial charge in [-0.1, -0.05) is 6.07 Å². The predicted molar refractivity (Wildman–Crippen MR) is 93.4 cm³/mol. The first kappa shape index (κ1) is 16.9. The van der Waals surface area contributed by atoms with Crippen LogP contribution in [0, 0.1) is 0 Å². The van der Waals surface area contributed by atoms with Crippen LogP contribution in [0.4, 0.5) is 11.8 Å². The quantitative estimate of drug-likeness (QED) is 0.877. The largest absolute Gasteiger partial charge is 0.478 e. The first-order valence-electron chi connectivity index (χ1n) is 8.33. The van der Waals surface area contributed by atoms with Gasteiger partial charge in [-0.2, -0.15) is 4.98 Å². The van der Waals surface area contributed by atoms with Gasteiger partial charge in [0.15, 0.2) is 5.69 Å². The van der Waals surface area contributed by atoms with Crippen molar-refractivity contribution >= 4 is 17.7 Å². The van der Waals surface area contributed by atoms with Gasteiger partial charge in [-0.25, -0.2) is 14.8 Å². The summed E-state index contributed by atoms with van der Waals surface area (Å²) in [5.41, 5.74) is 0.0614. The van der Waals surface area contributed by atoms with E-state index in [-0.39, 0.29) is 5.69 Å². The lowest BCUT2D eigenvalue weighted by molar-refractivity contribution is 0.0690. The van der Waals surface area contributed by atoms with Gasteiger partial charge in [0.1, 0.15) is 5.82 Å². The molecule has 0 atom stereocenters. The molecule has 0 aromatic carbocycles. The minimum Gasteiger partial charge on any atom is -0.478 e. The molecule has 1 aliphatic heterocycles. The molecule has 0 radical (unpaired) electrons. The molecular weight excluding hydrogens is 322 g/mol. The molecule has 0 spiro atoms. The summed E-state index contributed by atoms with van der Waals surface area (Å²) in [4.78, 5) is 28.3. The third-order valence-corrected chi connectivity index (χ3v) is 3.97. The number of aromatic nitrogens is 3. The Kier molecular flexibility index (Phi) is 5.27. The normalized spacial score (nSPS) is 14.9. The molecule has 0 bridgehead atoms. The van der Waals surface area contributed by atoms with Crippen molar-refractivity contribution in [3.63, 3.8) is 0 Å². The molecule has 8 nitrogen and oxygen atoms in total. The number of anilines is 2. The second kappa shape index (κ2) is 7.78. The van der Waals surface area contributed by atoms with Crippen LogP contribution in [0.25, 0.3) is 0 Å². The van der Waals surface area contributed by atoms with Crippen LogP contribution in [-0.2, 0) is 0 Å². The summed E-state index contributed by atoms with van der Waals surface area (Å²) in [6.45, 7) is 5.56. The molecule has 1 N–H and O–H groups in total. The number of hydrogen-bond donors (Lipinski definition) is 1. The summed E-state index contributed by atoms with van der Waals surface area (Å²) in [5.74, 6) is 0.898. The maximum Gasteiger partial charge on any atom is 0.354 e. The summed E-state index contributed by atoms with van der Waals surface area (Å²) in [7, 11) is 0. The van der Waals surface area contributed by atoms with Crippen LogP contribution in [0.3, 0.4) is 0 Å². The van der Waals surface area contributed by atoms with Crippen LogP contribution in [0.2, 0.25) is 0 Å². The van der Waals surface area contributed by atoms with Crippen LogP contribution in [0.1, 0.15) is 23.8 Å². The molecule has 0 aliphatic carbocycles. The summed E-state index contributed by atoms with van der Waals surface area (Å²) < 4.78 is 5.44. The average molecular weight is 343 g/mol. The van der Waals surface area contributed by atoms with Gasteiger partial charge in [-0.15, -0.1) is 0 Å². The highest BCUT2D eigenvalue weighted by atomic mass is 16.5. The van der Waals surface area contributed by atoms with Crippen LogP contribution in [0.5, 0.6) is 5.88 Å². The van der Waals surface area contributed by atoms with E-state index in [1.54, 1.807) is 18.3 Å². The van der Waals surface area contributed by atoms with Gasteiger partial charge in [0.2, 0.25) is 11.8 Å². The number of carboxylic acids is 1. The van der Waals surface area contributed by atoms with E-state index >= 15 is 0 Å².